The van der Waals surface area contributed by atoms with Gasteiger partial charge in [-0.1, -0.05) is 13.8 Å². The molecule has 0 aliphatic carbocycles. The van der Waals surface area contributed by atoms with Crippen molar-refractivity contribution in [2.45, 2.75) is 46.6 Å². The van der Waals surface area contributed by atoms with Crippen LogP contribution in [-0.2, 0) is 0 Å². The molecule has 3 nitrogen and oxygen atoms in total. The van der Waals surface area contributed by atoms with E-state index in [1.807, 2.05) is 19.1 Å². The highest BCUT2D eigenvalue weighted by atomic mass is 16.1. The van der Waals surface area contributed by atoms with Crippen LogP contribution in [0.4, 0.5) is 5.69 Å². The summed E-state index contributed by atoms with van der Waals surface area (Å²) in [5, 5.41) is 0. The molecule has 0 unspecified atom stereocenters. The molecule has 17 heavy (non-hydrogen) atoms. The van der Waals surface area contributed by atoms with Gasteiger partial charge in [0.2, 0.25) is 0 Å². The Kier molecular flexibility index (Phi) is 5.13. The van der Waals surface area contributed by atoms with Crippen LogP contribution in [0.3, 0.4) is 0 Å². The van der Waals surface area contributed by atoms with Crippen molar-refractivity contribution < 1.29 is 4.79 Å². The minimum absolute atomic E-state index is 0.100. The molecule has 3 heteroatoms. The predicted octanol–water partition coefficient (Wildman–Crippen LogP) is 3.30. The summed E-state index contributed by atoms with van der Waals surface area (Å²) in [4.78, 5) is 18.0. The number of Topliss-reactive ketones (excluding diaryl/α,β-unsaturated/α-hetero) is 1. The Morgan fingerprint density at radius 2 is 2.06 bits per heavy atom. The second-order valence-corrected chi connectivity index (χ2v) is 4.47. The van der Waals surface area contributed by atoms with Crippen LogP contribution in [0, 0.1) is 0 Å². The molecule has 0 saturated heterocycles. The van der Waals surface area contributed by atoms with Gasteiger partial charge in [-0.2, -0.15) is 0 Å². The summed E-state index contributed by atoms with van der Waals surface area (Å²) in [5.74, 6) is 0.100. The van der Waals surface area contributed by atoms with Crippen LogP contribution in [0.15, 0.2) is 18.3 Å². The minimum atomic E-state index is 0.100. The van der Waals surface area contributed by atoms with Crippen LogP contribution >= 0.6 is 0 Å². The van der Waals surface area contributed by atoms with E-state index < -0.39 is 0 Å². The maximum atomic E-state index is 11.5. The highest BCUT2D eigenvalue weighted by Crippen LogP contribution is 2.17. The molecular weight excluding hydrogens is 212 g/mol. The lowest BCUT2D eigenvalue weighted by Gasteiger charge is -2.28. The minimum Gasteiger partial charge on any atom is -0.368 e. The van der Waals surface area contributed by atoms with Gasteiger partial charge in [0.1, 0.15) is 5.69 Å². The lowest BCUT2D eigenvalue weighted by atomic mass is 10.2. The Balaban J connectivity index is 2.88. The van der Waals surface area contributed by atoms with Crippen molar-refractivity contribution in [1.82, 2.24) is 4.98 Å². The molecule has 0 fully saturated rings. The van der Waals surface area contributed by atoms with Gasteiger partial charge in [-0.05, 0) is 32.4 Å². The molecule has 0 amide bonds. The van der Waals surface area contributed by atoms with Crippen LogP contribution in [0.5, 0.6) is 0 Å². The number of nitrogens with zero attached hydrogens (tertiary/aromatic N) is 2. The van der Waals surface area contributed by atoms with E-state index in [0.29, 0.717) is 18.2 Å². The fourth-order valence-electron chi connectivity index (χ4n) is 1.83. The maximum absolute atomic E-state index is 11.5. The number of pyridine rings is 1. The zero-order chi connectivity index (χ0) is 12.8. The molecule has 1 rings (SSSR count). The molecule has 0 radical (unpaired) electrons. The number of hydrogen-bond acceptors (Lipinski definition) is 3. The molecular formula is C14H22N2O. The molecule has 0 bridgehead atoms. The van der Waals surface area contributed by atoms with Crippen LogP contribution in [0.1, 0.15) is 51.0 Å². The number of carbonyl (C=O) groups excluding carboxylic acids is 1. The average Bonchev–Trinajstić information content (AvgIpc) is 2.35. The van der Waals surface area contributed by atoms with Gasteiger partial charge in [0.15, 0.2) is 5.78 Å². The van der Waals surface area contributed by atoms with Crippen LogP contribution < -0.4 is 4.90 Å². The van der Waals surface area contributed by atoms with Gasteiger partial charge in [-0.25, -0.2) is 0 Å². The molecule has 0 aliphatic rings. The number of ketones is 1. The Morgan fingerprint density at radius 1 is 1.35 bits per heavy atom. The van der Waals surface area contributed by atoms with Gasteiger partial charge in [-0.15, -0.1) is 0 Å². The summed E-state index contributed by atoms with van der Waals surface area (Å²) in [6, 6.07) is 4.27. The van der Waals surface area contributed by atoms with E-state index in [-0.39, 0.29) is 5.78 Å². The van der Waals surface area contributed by atoms with E-state index in [4.69, 9.17) is 0 Å². The van der Waals surface area contributed by atoms with Gasteiger partial charge in [-0.3, -0.25) is 9.78 Å². The number of carbonyl (C=O) groups is 1. The quantitative estimate of drug-likeness (QED) is 0.708. The van der Waals surface area contributed by atoms with E-state index in [1.165, 1.54) is 0 Å². The van der Waals surface area contributed by atoms with Crippen molar-refractivity contribution in [3.05, 3.63) is 24.0 Å². The van der Waals surface area contributed by atoms with Crippen molar-refractivity contribution in [2.75, 3.05) is 11.4 Å². The lowest BCUT2D eigenvalue weighted by Crippen LogP contribution is -2.31. The van der Waals surface area contributed by atoms with E-state index >= 15 is 0 Å². The van der Waals surface area contributed by atoms with Gasteiger partial charge in [0.05, 0.1) is 11.9 Å². The summed E-state index contributed by atoms with van der Waals surface area (Å²) < 4.78 is 0. The third kappa shape index (κ3) is 3.55. The molecule has 1 aromatic heterocycles. The average molecular weight is 234 g/mol. The first-order chi connectivity index (χ1) is 8.10. The lowest BCUT2D eigenvalue weighted by molar-refractivity contribution is 0.0983. The number of hydrogen-bond donors (Lipinski definition) is 0. The molecule has 0 atom stereocenters. The third-order valence-corrected chi connectivity index (χ3v) is 2.77. The summed E-state index contributed by atoms with van der Waals surface area (Å²) in [6.07, 6.45) is 3.42. The third-order valence-electron chi connectivity index (χ3n) is 2.77. The number of aromatic nitrogens is 1. The van der Waals surface area contributed by atoms with Crippen LogP contribution in [0.2, 0.25) is 0 Å². The molecule has 1 aromatic rings. The number of anilines is 1. The van der Waals surface area contributed by atoms with Crippen molar-refractivity contribution >= 4 is 11.5 Å². The van der Waals surface area contributed by atoms with Crippen molar-refractivity contribution in [1.29, 1.82) is 0 Å². The summed E-state index contributed by atoms with van der Waals surface area (Å²) in [6.45, 7) is 9.37. The molecule has 0 aromatic carbocycles. The first-order valence-corrected chi connectivity index (χ1v) is 6.36. The Morgan fingerprint density at radius 3 is 2.47 bits per heavy atom. The topological polar surface area (TPSA) is 33.2 Å². The Labute approximate surface area is 104 Å². The predicted molar refractivity (Wildman–Crippen MR) is 71.6 cm³/mol. The molecule has 0 N–H and O–H groups in total. The fraction of sp³-hybridized carbons (Fsp3) is 0.571. The second-order valence-electron chi connectivity index (χ2n) is 4.47. The molecule has 0 spiro atoms. The monoisotopic (exact) mass is 234 g/mol. The summed E-state index contributed by atoms with van der Waals surface area (Å²) in [7, 11) is 0. The maximum Gasteiger partial charge on any atom is 0.180 e. The highest BCUT2D eigenvalue weighted by Gasteiger charge is 2.11. The highest BCUT2D eigenvalue weighted by molar-refractivity contribution is 5.94. The Hall–Kier alpha value is -1.38. The zero-order valence-electron chi connectivity index (χ0n) is 11.2. The van der Waals surface area contributed by atoms with Crippen molar-refractivity contribution in [2.24, 2.45) is 0 Å². The smallest absolute Gasteiger partial charge is 0.180 e. The fourth-order valence-corrected chi connectivity index (χ4v) is 1.83. The van der Waals surface area contributed by atoms with Gasteiger partial charge in [0.25, 0.3) is 0 Å². The first kappa shape index (κ1) is 13.7. The molecule has 0 saturated carbocycles. The zero-order valence-corrected chi connectivity index (χ0v) is 11.2. The van der Waals surface area contributed by atoms with Gasteiger partial charge in [0, 0.05) is 19.0 Å². The van der Waals surface area contributed by atoms with E-state index in [1.54, 1.807) is 6.20 Å². The van der Waals surface area contributed by atoms with E-state index in [9.17, 15) is 4.79 Å². The summed E-state index contributed by atoms with van der Waals surface area (Å²) in [5.41, 5.74) is 1.66. The van der Waals surface area contributed by atoms with Gasteiger partial charge >= 0.3 is 0 Å². The number of rotatable bonds is 6. The largest absolute Gasteiger partial charge is 0.368 e. The van der Waals surface area contributed by atoms with Crippen LogP contribution in [0.25, 0.3) is 0 Å². The normalized spacial score (nSPS) is 10.6. The molecule has 94 valence electrons. The summed E-state index contributed by atoms with van der Waals surface area (Å²) >= 11 is 0. The van der Waals surface area contributed by atoms with Gasteiger partial charge < -0.3 is 4.90 Å². The van der Waals surface area contributed by atoms with Crippen molar-refractivity contribution in [3.63, 3.8) is 0 Å². The van der Waals surface area contributed by atoms with Crippen molar-refractivity contribution in [3.8, 4) is 0 Å². The van der Waals surface area contributed by atoms with E-state index in [2.05, 4.69) is 30.7 Å². The van der Waals surface area contributed by atoms with Crippen LogP contribution in [-0.4, -0.2) is 23.4 Å². The molecule has 0 aliphatic heterocycles. The molecule has 1 heterocycles. The standard InChI is InChI=1S/C14H22N2O/c1-5-9-16(11(3)4)12-7-8-13(15-10-12)14(17)6-2/h7-8,10-11H,5-6,9H2,1-4H3. The van der Waals surface area contributed by atoms with E-state index in [0.717, 1.165) is 18.7 Å². The Bertz CT molecular complexity index is 357. The first-order valence-electron chi connectivity index (χ1n) is 6.36. The second kappa shape index (κ2) is 6.38. The SMILES string of the molecule is CCCN(c1ccc(C(=O)CC)nc1)C(C)C.